The summed E-state index contributed by atoms with van der Waals surface area (Å²) in [5.41, 5.74) is 2.33. The fourth-order valence-corrected chi connectivity index (χ4v) is 4.51. The Labute approximate surface area is 196 Å². The monoisotopic (exact) mass is 476 g/mol. The Morgan fingerprint density at radius 3 is 2.32 bits per heavy atom. The molecule has 1 aliphatic rings. The van der Waals surface area contributed by atoms with Gasteiger partial charge < -0.3 is 15.2 Å². The zero-order valence-corrected chi connectivity index (χ0v) is 19.1. The first-order valence-electron chi connectivity index (χ1n) is 10.2. The third kappa shape index (κ3) is 4.46. The van der Waals surface area contributed by atoms with Crippen molar-refractivity contribution in [2.24, 2.45) is 4.40 Å². The number of carboxylic acid groups (broad SMARTS) is 1. The molecule has 0 spiro atoms. The molecule has 3 aromatic carbocycles. The number of hydrogen-bond acceptors (Lipinski definition) is 6. The lowest BCUT2D eigenvalue weighted by Gasteiger charge is -2.20. The summed E-state index contributed by atoms with van der Waals surface area (Å²) < 4.78 is 35.3. The Balaban J connectivity index is 1.80. The number of methoxy groups -OCH3 is 1. The SMILES string of the molecule is COc1ccc(C)cc1NC1=CC(=NS(=O)(=O)c2ccc(C(=O)O)cc2)c2ccccc2C1=O. The summed E-state index contributed by atoms with van der Waals surface area (Å²) in [4.78, 5) is 24.1. The summed E-state index contributed by atoms with van der Waals surface area (Å²) >= 11 is 0. The van der Waals surface area contributed by atoms with Crippen LogP contribution in [0, 0.1) is 6.92 Å². The molecule has 0 saturated heterocycles. The molecule has 0 aromatic heterocycles. The second-order valence-electron chi connectivity index (χ2n) is 7.54. The molecule has 0 heterocycles. The molecule has 0 atom stereocenters. The number of Topliss-reactive ketones (excluding diaryl/α,β-unsaturated/α-hetero) is 1. The second kappa shape index (κ2) is 8.95. The van der Waals surface area contributed by atoms with Gasteiger partial charge in [-0.05, 0) is 55.0 Å². The highest BCUT2D eigenvalue weighted by Crippen LogP contribution is 2.30. The van der Waals surface area contributed by atoms with Gasteiger partial charge in [0, 0.05) is 11.1 Å². The number of nitrogens with zero attached hydrogens (tertiary/aromatic N) is 1. The maximum Gasteiger partial charge on any atom is 0.335 e. The van der Waals surface area contributed by atoms with Crippen LogP contribution in [0.5, 0.6) is 5.75 Å². The van der Waals surface area contributed by atoms with Crippen molar-refractivity contribution in [3.63, 3.8) is 0 Å². The molecule has 3 aromatic rings. The van der Waals surface area contributed by atoms with Gasteiger partial charge in [0.25, 0.3) is 10.0 Å². The summed E-state index contributed by atoms with van der Waals surface area (Å²) in [6.07, 6.45) is 1.38. The quantitative estimate of drug-likeness (QED) is 0.550. The number of rotatable bonds is 6. The van der Waals surface area contributed by atoms with Crippen LogP contribution in [0.3, 0.4) is 0 Å². The van der Waals surface area contributed by atoms with Crippen molar-refractivity contribution in [1.82, 2.24) is 0 Å². The fraction of sp³-hybridized carbons (Fsp3) is 0.0800. The fourth-order valence-electron chi connectivity index (χ4n) is 3.51. The van der Waals surface area contributed by atoms with Gasteiger partial charge in [0.15, 0.2) is 0 Å². The minimum Gasteiger partial charge on any atom is -0.495 e. The largest absolute Gasteiger partial charge is 0.495 e. The van der Waals surface area contributed by atoms with Crippen molar-refractivity contribution in [3.8, 4) is 5.75 Å². The molecule has 9 heteroatoms. The van der Waals surface area contributed by atoms with Gasteiger partial charge in [-0.2, -0.15) is 12.8 Å². The Bertz CT molecular complexity index is 1470. The van der Waals surface area contributed by atoms with Crippen molar-refractivity contribution >= 4 is 33.2 Å². The second-order valence-corrected chi connectivity index (χ2v) is 9.15. The van der Waals surface area contributed by atoms with Crippen molar-refractivity contribution in [1.29, 1.82) is 0 Å². The van der Waals surface area contributed by atoms with Gasteiger partial charge in [-0.15, -0.1) is 0 Å². The van der Waals surface area contributed by atoms with Crippen molar-refractivity contribution in [3.05, 3.63) is 101 Å². The lowest BCUT2D eigenvalue weighted by molar-refractivity contribution is 0.0696. The van der Waals surface area contributed by atoms with Crippen LogP contribution in [0.4, 0.5) is 5.69 Å². The zero-order valence-electron chi connectivity index (χ0n) is 18.3. The van der Waals surface area contributed by atoms with E-state index in [4.69, 9.17) is 9.84 Å². The van der Waals surface area contributed by atoms with Crippen molar-refractivity contribution < 1.29 is 27.9 Å². The summed E-state index contributed by atoms with van der Waals surface area (Å²) in [5.74, 6) is -0.968. The molecule has 1 aliphatic carbocycles. The van der Waals surface area contributed by atoms with Gasteiger partial charge in [0.1, 0.15) is 5.75 Å². The first-order valence-corrected chi connectivity index (χ1v) is 11.6. The number of fused-ring (bicyclic) bond motifs is 1. The highest BCUT2D eigenvalue weighted by Gasteiger charge is 2.27. The van der Waals surface area contributed by atoms with Crippen molar-refractivity contribution in [2.45, 2.75) is 11.8 Å². The van der Waals surface area contributed by atoms with Gasteiger partial charge in [0.05, 0.1) is 34.7 Å². The van der Waals surface area contributed by atoms with Crippen LogP contribution in [0.25, 0.3) is 0 Å². The maximum atomic E-state index is 13.2. The van der Waals surface area contributed by atoms with E-state index in [2.05, 4.69) is 9.71 Å². The molecular weight excluding hydrogens is 456 g/mol. The molecule has 0 saturated carbocycles. The van der Waals surface area contributed by atoms with E-state index < -0.39 is 16.0 Å². The minimum atomic E-state index is -4.19. The number of carbonyl (C=O) groups excluding carboxylic acids is 1. The number of ketones is 1. The summed E-state index contributed by atoms with van der Waals surface area (Å²) in [5, 5.41) is 12.1. The van der Waals surface area contributed by atoms with E-state index in [9.17, 15) is 18.0 Å². The lowest BCUT2D eigenvalue weighted by Crippen LogP contribution is -2.23. The smallest absolute Gasteiger partial charge is 0.335 e. The average Bonchev–Trinajstić information content (AvgIpc) is 2.82. The summed E-state index contributed by atoms with van der Waals surface area (Å²) in [7, 11) is -2.68. The van der Waals surface area contributed by atoms with Crippen LogP contribution in [-0.4, -0.2) is 38.1 Å². The van der Waals surface area contributed by atoms with Crippen LogP contribution < -0.4 is 10.1 Å². The van der Waals surface area contributed by atoms with E-state index in [0.717, 1.165) is 5.56 Å². The average molecular weight is 477 g/mol. The third-order valence-corrected chi connectivity index (χ3v) is 6.52. The molecule has 4 rings (SSSR count). The van der Waals surface area contributed by atoms with Crippen molar-refractivity contribution in [2.75, 3.05) is 12.4 Å². The highest BCUT2D eigenvalue weighted by atomic mass is 32.2. The van der Waals surface area contributed by atoms with E-state index in [-0.39, 0.29) is 27.7 Å². The Kier molecular flexibility index (Phi) is 6.04. The van der Waals surface area contributed by atoms with Gasteiger partial charge in [-0.1, -0.05) is 30.3 Å². The highest BCUT2D eigenvalue weighted by molar-refractivity contribution is 7.90. The van der Waals surface area contributed by atoms with Gasteiger partial charge in [-0.3, -0.25) is 4.79 Å². The Morgan fingerprint density at radius 1 is 1.00 bits per heavy atom. The van der Waals surface area contributed by atoms with Gasteiger partial charge in [-0.25, -0.2) is 4.79 Å². The lowest BCUT2D eigenvalue weighted by atomic mass is 9.92. The molecule has 34 heavy (non-hydrogen) atoms. The van der Waals surface area contributed by atoms with E-state index in [1.807, 2.05) is 19.1 Å². The van der Waals surface area contributed by atoms with Crippen LogP contribution >= 0.6 is 0 Å². The van der Waals surface area contributed by atoms with Crippen LogP contribution in [-0.2, 0) is 10.0 Å². The van der Waals surface area contributed by atoms with E-state index in [0.29, 0.717) is 22.6 Å². The van der Waals surface area contributed by atoms with Crippen LogP contribution in [0.2, 0.25) is 0 Å². The molecule has 0 amide bonds. The number of carboxylic acids is 1. The topological polar surface area (TPSA) is 122 Å². The number of nitrogens with one attached hydrogen (secondary N) is 1. The third-order valence-electron chi connectivity index (χ3n) is 5.22. The molecule has 0 fully saturated rings. The summed E-state index contributed by atoms with van der Waals surface area (Å²) in [6.45, 7) is 1.89. The molecule has 172 valence electrons. The number of anilines is 1. The molecule has 2 N–H and O–H groups in total. The maximum absolute atomic E-state index is 13.2. The van der Waals surface area contributed by atoms with E-state index >= 15 is 0 Å². The molecule has 0 bridgehead atoms. The number of ether oxygens (including phenoxy) is 1. The normalized spacial score (nSPS) is 14.4. The van der Waals surface area contributed by atoms with Crippen LogP contribution in [0.1, 0.15) is 31.8 Å². The standard InChI is InChI=1S/C25H20N2O6S/c1-15-7-12-23(33-2)21(13-15)26-22-14-20(18-5-3-4-6-19(18)24(22)28)27-34(31,32)17-10-8-16(9-11-17)25(29)30/h3-14,26H,1-2H3,(H,29,30). The molecular formula is C25H20N2O6S. The number of benzene rings is 3. The first kappa shape index (κ1) is 22.9. The molecule has 0 aliphatic heterocycles. The molecule has 8 nitrogen and oxygen atoms in total. The predicted octanol–water partition coefficient (Wildman–Crippen LogP) is 4.07. The Morgan fingerprint density at radius 2 is 1.68 bits per heavy atom. The summed E-state index contributed by atoms with van der Waals surface area (Å²) in [6, 6.07) is 16.8. The van der Waals surface area contributed by atoms with E-state index in [1.165, 1.54) is 37.5 Å². The number of hydrogen-bond donors (Lipinski definition) is 2. The predicted molar refractivity (Wildman–Crippen MR) is 127 cm³/mol. The number of aryl methyl sites for hydroxylation is 1. The zero-order chi connectivity index (χ0) is 24.5. The molecule has 0 unspecified atom stereocenters. The number of aromatic carboxylic acids is 1. The van der Waals surface area contributed by atoms with Gasteiger partial charge in [0.2, 0.25) is 5.78 Å². The number of sulfonamides is 1. The molecule has 0 radical (unpaired) electrons. The number of allylic oxidation sites excluding steroid dienone is 2. The Hall–Kier alpha value is -4.24. The van der Waals surface area contributed by atoms with Crippen LogP contribution in [0.15, 0.2) is 87.8 Å². The van der Waals surface area contributed by atoms with E-state index in [1.54, 1.807) is 30.3 Å². The minimum absolute atomic E-state index is 0.0429. The number of carbonyl (C=O) groups is 2. The van der Waals surface area contributed by atoms with Gasteiger partial charge >= 0.3 is 5.97 Å². The first-order chi connectivity index (χ1) is 16.2.